The predicted octanol–water partition coefficient (Wildman–Crippen LogP) is 4.12. The topological polar surface area (TPSA) is 9.23 Å². The molecule has 0 spiro atoms. The largest absolute Gasteiger partial charge is 0.488 e. The number of ether oxygens (including phenoxy) is 1. The Bertz CT molecular complexity index is 376. The van der Waals surface area contributed by atoms with Gasteiger partial charge in [-0.1, -0.05) is 11.6 Å². The van der Waals surface area contributed by atoms with Gasteiger partial charge in [0.05, 0.1) is 5.02 Å². The Morgan fingerprint density at radius 2 is 2.07 bits per heavy atom. The van der Waals surface area contributed by atoms with Crippen molar-refractivity contribution in [1.29, 1.82) is 0 Å². The van der Waals surface area contributed by atoms with Crippen LogP contribution in [0, 0.1) is 3.57 Å². The molecule has 2 rings (SSSR count). The third-order valence-corrected chi connectivity index (χ3v) is 3.21. The van der Waals surface area contributed by atoms with E-state index in [-0.39, 0.29) is 12.8 Å². The van der Waals surface area contributed by atoms with E-state index in [9.17, 15) is 8.78 Å². The first-order valence-corrected chi connectivity index (χ1v) is 5.91. The summed E-state index contributed by atoms with van der Waals surface area (Å²) in [6.45, 7) is 0. The summed E-state index contributed by atoms with van der Waals surface area (Å²) in [5.41, 5.74) is 0. The van der Waals surface area contributed by atoms with Crippen LogP contribution in [0.5, 0.6) is 5.75 Å². The molecular weight excluding hydrogens is 336 g/mol. The molecule has 1 saturated carbocycles. The van der Waals surface area contributed by atoms with E-state index in [1.165, 1.54) is 0 Å². The number of hydrogen-bond acceptors (Lipinski definition) is 1. The van der Waals surface area contributed by atoms with Crippen LogP contribution in [0.4, 0.5) is 8.78 Å². The molecule has 0 heterocycles. The van der Waals surface area contributed by atoms with Crippen molar-refractivity contribution in [1.82, 2.24) is 0 Å². The number of hydrogen-bond donors (Lipinski definition) is 0. The summed E-state index contributed by atoms with van der Waals surface area (Å²) in [6, 6.07) is 5.29. The van der Waals surface area contributed by atoms with Crippen LogP contribution in [0.1, 0.15) is 12.8 Å². The van der Waals surface area contributed by atoms with Crippen molar-refractivity contribution in [3.05, 3.63) is 26.8 Å². The van der Waals surface area contributed by atoms with Crippen molar-refractivity contribution < 1.29 is 13.5 Å². The zero-order valence-electron chi connectivity index (χ0n) is 7.64. The Labute approximate surface area is 105 Å². The number of rotatable bonds is 2. The fourth-order valence-electron chi connectivity index (χ4n) is 1.44. The standard InChI is InChI=1S/C10H8ClF2IO/c11-8-3-6(14)1-2-9(8)15-7-4-10(12,13)5-7/h1-3,7H,4-5H2. The van der Waals surface area contributed by atoms with E-state index in [4.69, 9.17) is 16.3 Å². The predicted molar refractivity (Wildman–Crippen MR) is 62.8 cm³/mol. The molecule has 1 aromatic carbocycles. The molecule has 82 valence electrons. The van der Waals surface area contributed by atoms with Crippen LogP contribution in [-0.2, 0) is 0 Å². The van der Waals surface area contributed by atoms with Crippen molar-refractivity contribution in [2.45, 2.75) is 24.9 Å². The van der Waals surface area contributed by atoms with Crippen molar-refractivity contribution >= 4 is 34.2 Å². The molecule has 0 N–H and O–H groups in total. The summed E-state index contributed by atoms with van der Waals surface area (Å²) >= 11 is 8.03. The highest BCUT2D eigenvalue weighted by Gasteiger charge is 2.47. The third-order valence-electron chi connectivity index (χ3n) is 2.24. The first-order valence-electron chi connectivity index (χ1n) is 4.46. The van der Waals surface area contributed by atoms with Gasteiger partial charge in [0.25, 0.3) is 5.92 Å². The van der Waals surface area contributed by atoms with Gasteiger partial charge in [0.2, 0.25) is 0 Å². The summed E-state index contributed by atoms with van der Waals surface area (Å²) in [6.07, 6.45) is -0.831. The molecule has 1 aliphatic rings. The highest BCUT2D eigenvalue weighted by Crippen LogP contribution is 2.40. The molecule has 0 bridgehead atoms. The van der Waals surface area contributed by atoms with E-state index in [1.807, 2.05) is 6.07 Å². The maximum atomic E-state index is 12.5. The Hall–Kier alpha value is -0.100. The van der Waals surface area contributed by atoms with Gasteiger partial charge in [-0.25, -0.2) is 8.78 Å². The molecule has 0 aromatic heterocycles. The van der Waals surface area contributed by atoms with Crippen molar-refractivity contribution in [2.75, 3.05) is 0 Å². The van der Waals surface area contributed by atoms with Gasteiger partial charge in [0.15, 0.2) is 0 Å². The number of alkyl halides is 2. The Morgan fingerprint density at radius 1 is 1.40 bits per heavy atom. The minimum Gasteiger partial charge on any atom is -0.488 e. The van der Waals surface area contributed by atoms with Crippen LogP contribution in [-0.4, -0.2) is 12.0 Å². The second-order valence-corrected chi connectivity index (χ2v) is 5.23. The van der Waals surface area contributed by atoms with Gasteiger partial charge in [-0.05, 0) is 40.8 Å². The van der Waals surface area contributed by atoms with E-state index in [0.717, 1.165) is 3.57 Å². The van der Waals surface area contributed by atoms with Crippen LogP contribution in [0.3, 0.4) is 0 Å². The van der Waals surface area contributed by atoms with E-state index in [2.05, 4.69) is 22.6 Å². The van der Waals surface area contributed by atoms with Gasteiger partial charge in [0.1, 0.15) is 11.9 Å². The fraction of sp³-hybridized carbons (Fsp3) is 0.400. The summed E-state index contributed by atoms with van der Waals surface area (Å²) in [7, 11) is 0. The second kappa shape index (κ2) is 4.05. The summed E-state index contributed by atoms with van der Waals surface area (Å²) in [5, 5.41) is 0.470. The highest BCUT2D eigenvalue weighted by molar-refractivity contribution is 14.1. The quantitative estimate of drug-likeness (QED) is 0.733. The summed E-state index contributed by atoms with van der Waals surface area (Å²) < 4.78 is 31.4. The van der Waals surface area contributed by atoms with E-state index in [0.29, 0.717) is 10.8 Å². The molecule has 5 heteroatoms. The first-order chi connectivity index (χ1) is 6.96. The maximum Gasteiger partial charge on any atom is 0.255 e. The average Bonchev–Trinajstić information content (AvgIpc) is 2.06. The lowest BCUT2D eigenvalue weighted by Gasteiger charge is -2.35. The lowest BCUT2D eigenvalue weighted by Crippen LogP contribution is -2.43. The summed E-state index contributed by atoms with van der Waals surface area (Å²) in [4.78, 5) is 0. The molecule has 0 radical (unpaired) electrons. The molecule has 1 nitrogen and oxygen atoms in total. The zero-order valence-corrected chi connectivity index (χ0v) is 10.6. The SMILES string of the molecule is FC1(F)CC(Oc2ccc(I)cc2Cl)C1. The molecule has 15 heavy (non-hydrogen) atoms. The normalized spacial score (nSPS) is 19.7. The molecule has 0 aliphatic heterocycles. The molecule has 1 fully saturated rings. The lowest BCUT2D eigenvalue weighted by atomic mass is 9.91. The van der Waals surface area contributed by atoms with Crippen molar-refractivity contribution in [3.63, 3.8) is 0 Å². The monoisotopic (exact) mass is 344 g/mol. The van der Waals surface area contributed by atoms with Crippen LogP contribution < -0.4 is 4.74 Å². The summed E-state index contributed by atoms with van der Waals surface area (Å²) in [5.74, 6) is -2.07. The molecule has 0 atom stereocenters. The Kier molecular flexibility index (Phi) is 3.07. The zero-order chi connectivity index (χ0) is 11.1. The molecular formula is C10H8ClF2IO. The van der Waals surface area contributed by atoms with E-state index < -0.39 is 12.0 Å². The third kappa shape index (κ3) is 2.72. The number of benzene rings is 1. The van der Waals surface area contributed by atoms with Crippen LogP contribution >= 0.6 is 34.2 Å². The first kappa shape index (κ1) is 11.4. The van der Waals surface area contributed by atoms with Gasteiger partial charge < -0.3 is 4.74 Å². The molecule has 0 saturated heterocycles. The fourth-order valence-corrected chi connectivity index (χ4v) is 2.34. The van der Waals surface area contributed by atoms with Crippen LogP contribution in [0.15, 0.2) is 18.2 Å². The Morgan fingerprint density at radius 3 is 2.60 bits per heavy atom. The van der Waals surface area contributed by atoms with Gasteiger partial charge in [-0.3, -0.25) is 0 Å². The Balaban J connectivity index is 2.00. The molecule has 1 aliphatic carbocycles. The van der Waals surface area contributed by atoms with Gasteiger partial charge in [-0.2, -0.15) is 0 Å². The minimum absolute atomic E-state index is 0.213. The van der Waals surface area contributed by atoms with Gasteiger partial charge in [0, 0.05) is 16.4 Å². The molecule has 0 amide bonds. The van der Waals surface area contributed by atoms with Crippen molar-refractivity contribution in [3.8, 4) is 5.75 Å². The molecule has 1 aromatic rings. The van der Waals surface area contributed by atoms with Crippen molar-refractivity contribution in [2.24, 2.45) is 0 Å². The lowest BCUT2D eigenvalue weighted by molar-refractivity contribution is -0.134. The van der Waals surface area contributed by atoms with E-state index in [1.54, 1.807) is 12.1 Å². The highest BCUT2D eigenvalue weighted by atomic mass is 127. The van der Waals surface area contributed by atoms with Gasteiger partial charge >= 0.3 is 0 Å². The van der Waals surface area contributed by atoms with Crippen LogP contribution in [0.25, 0.3) is 0 Å². The van der Waals surface area contributed by atoms with E-state index >= 15 is 0 Å². The smallest absolute Gasteiger partial charge is 0.255 e. The number of halogens is 4. The minimum atomic E-state index is -2.56. The average molecular weight is 345 g/mol. The molecule has 0 unspecified atom stereocenters. The second-order valence-electron chi connectivity index (χ2n) is 3.58. The van der Waals surface area contributed by atoms with Gasteiger partial charge in [-0.15, -0.1) is 0 Å². The maximum absolute atomic E-state index is 12.5. The van der Waals surface area contributed by atoms with Crippen LogP contribution in [0.2, 0.25) is 5.02 Å².